The fourth-order valence-corrected chi connectivity index (χ4v) is 5.86. The van der Waals surface area contributed by atoms with Crippen molar-refractivity contribution in [2.45, 2.75) is 16.6 Å². The predicted octanol–water partition coefficient (Wildman–Crippen LogP) is 8.26. The van der Waals surface area contributed by atoms with Gasteiger partial charge in [0.1, 0.15) is 11.1 Å². The van der Waals surface area contributed by atoms with Crippen LogP contribution >= 0.6 is 34.7 Å². The molecular formula is C31H23ClFN3O2S2. The lowest BCUT2D eigenvalue weighted by Gasteiger charge is -2.17. The van der Waals surface area contributed by atoms with Crippen molar-refractivity contribution in [2.24, 2.45) is 0 Å². The van der Waals surface area contributed by atoms with Gasteiger partial charge in [0, 0.05) is 26.5 Å². The molecule has 0 aliphatic heterocycles. The Kier molecular flexibility index (Phi) is 8.91. The van der Waals surface area contributed by atoms with E-state index in [1.54, 1.807) is 24.3 Å². The lowest BCUT2D eigenvalue weighted by molar-refractivity contribution is -0.116. The number of halogens is 2. The largest absolute Gasteiger partial charge is 0.326 e. The van der Waals surface area contributed by atoms with E-state index in [2.05, 4.69) is 15.6 Å². The van der Waals surface area contributed by atoms with Crippen LogP contribution in [0.25, 0.3) is 11.3 Å². The van der Waals surface area contributed by atoms with Crippen LogP contribution in [0.3, 0.4) is 0 Å². The summed E-state index contributed by atoms with van der Waals surface area (Å²) in [6.07, 6.45) is 0.220. The highest BCUT2D eigenvalue weighted by atomic mass is 35.5. The summed E-state index contributed by atoms with van der Waals surface area (Å²) < 4.78 is 13.3. The number of carbonyl (C=O) groups excluding carboxylic acids is 2. The maximum atomic E-state index is 13.5. The number of benzene rings is 4. The maximum absolute atomic E-state index is 13.5. The van der Waals surface area contributed by atoms with E-state index in [9.17, 15) is 14.0 Å². The van der Waals surface area contributed by atoms with Crippen LogP contribution in [0.15, 0.2) is 113 Å². The Bertz CT molecular complexity index is 1610. The van der Waals surface area contributed by atoms with E-state index in [1.807, 2.05) is 72.1 Å². The van der Waals surface area contributed by atoms with Crippen molar-refractivity contribution < 1.29 is 14.0 Å². The van der Waals surface area contributed by atoms with Gasteiger partial charge in [0.15, 0.2) is 5.13 Å². The molecule has 0 aliphatic carbocycles. The van der Waals surface area contributed by atoms with Gasteiger partial charge in [0.25, 0.3) is 0 Å². The van der Waals surface area contributed by atoms with Gasteiger partial charge in [-0.05, 0) is 65.7 Å². The lowest BCUT2D eigenvalue weighted by atomic mass is 10.1. The van der Waals surface area contributed by atoms with Crippen molar-refractivity contribution in [1.29, 1.82) is 0 Å². The molecule has 1 aromatic heterocycles. The molecule has 1 atom stereocenters. The zero-order chi connectivity index (χ0) is 27.9. The van der Waals surface area contributed by atoms with Gasteiger partial charge in [-0.15, -0.1) is 23.1 Å². The summed E-state index contributed by atoms with van der Waals surface area (Å²) in [5.41, 5.74) is 3.75. The summed E-state index contributed by atoms with van der Waals surface area (Å²) in [5.74, 6) is -0.698. The number of amides is 2. The first-order valence-corrected chi connectivity index (χ1v) is 14.4. The Balaban J connectivity index is 1.29. The second kappa shape index (κ2) is 12.9. The number of thioether (sulfide) groups is 1. The molecule has 1 unspecified atom stereocenters. The van der Waals surface area contributed by atoms with Crippen LogP contribution in [0, 0.1) is 5.82 Å². The van der Waals surface area contributed by atoms with Crippen LogP contribution in [0.1, 0.15) is 16.4 Å². The van der Waals surface area contributed by atoms with E-state index in [1.165, 1.54) is 35.2 Å². The lowest BCUT2D eigenvalue weighted by Crippen LogP contribution is -2.19. The van der Waals surface area contributed by atoms with Crippen LogP contribution in [-0.2, 0) is 16.0 Å². The van der Waals surface area contributed by atoms with E-state index >= 15 is 0 Å². The first-order valence-electron chi connectivity index (χ1n) is 12.3. The van der Waals surface area contributed by atoms with E-state index in [0.29, 0.717) is 21.5 Å². The van der Waals surface area contributed by atoms with Gasteiger partial charge in [-0.2, -0.15) is 0 Å². The zero-order valence-corrected chi connectivity index (χ0v) is 23.4. The molecule has 0 bridgehead atoms. The van der Waals surface area contributed by atoms with Gasteiger partial charge in [-0.25, -0.2) is 9.37 Å². The fourth-order valence-electron chi connectivity index (χ4n) is 3.93. The molecular weight excluding hydrogens is 565 g/mol. The summed E-state index contributed by atoms with van der Waals surface area (Å²) in [6, 6.07) is 30.1. The second-order valence-electron chi connectivity index (χ2n) is 8.82. The monoisotopic (exact) mass is 587 g/mol. The van der Waals surface area contributed by atoms with Crippen molar-refractivity contribution in [1.82, 2.24) is 4.98 Å². The molecule has 5 rings (SSSR count). The Labute approximate surface area is 244 Å². The maximum Gasteiger partial charge on any atom is 0.244 e. The number of hydrogen-bond donors (Lipinski definition) is 2. The van der Waals surface area contributed by atoms with E-state index in [-0.39, 0.29) is 24.1 Å². The summed E-state index contributed by atoms with van der Waals surface area (Å²) in [6.45, 7) is 0. The minimum Gasteiger partial charge on any atom is -0.326 e. The molecule has 4 aromatic carbocycles. The van der Waals surface area contributed by atoms with Crippen LogP contribution in [0.5, 0.6) is 0 Å². The van der Waals surface area contributed by atoms with Gasteiger partial charge >= 0.3 is 0 Å². The molecule has 5 nitrogen and oxygen atoms in total. The number of nitrogens with zero attached hydrogens (tertiary/aromatic N) is 1. The third kappa shape index (κ3) is 7.35. The molecule has 0 aliphatic rings. The first kappa shape index (κ1) is 27.6. The molecule has 0 saturated carbocycles. The molecule has 0 radical (unpaired) electrons. The Hall–Kier alpha value is -3.98. The summed E-state index contributed by atoms with van der Waals surface area (Å²) in [5, 5.41) is 8.19. The van der Waals surface area contributed by atoms with E-state index in [4.69, 9.17) is 11.6 Å². The Morgan fingerprint density at radius 2 is 1.65 bits per heavy atom. The molecule has 9 heteroatoms. The standard InChI is InChI=1S/C31H23ClFN3O2S2/c32-23-13-9-20(10-14-23)17-28(37)34-25-7-4-8-26(18-25)40-29(22-5-2-1-3-6-22)30(38)36-31-35-27(19-39-31)21-11-15-24(33)16-12-21/h1-16,18-19,29H,17H2,(H,34,37)(H,35,36,38). The van der Waals surface area contributed by atoms with Crippen LogP contribution < -0.4 is 10.6 Å². The molecule has 2 N–H and O–H groups in total. The molecule has 200 valence electrons. The average molecular weight is 588 g/mol. The van der Waals surface area contributed by atoms with Gasteiger partial charge in [0.05, 0.1) is 12.1 Å². The highest BCUT2D eigenvalue weighted by Crippen LogP contribution is 2.37. The van der Waals surface area contributed by atoms with Gasteiger partial charge in [-0.3, -0.25) is 9.59 Å². The van der Waals surface area contributed by atoms with Crippen LogP contribution in [0.4, 0.5) is 15.2 Å². The fraction of sp³-hybridized carbons (Fsp3) is 0.0645. The number of aromatic nitrogens is 1. The van der Waals surface area contributed by atoms with E-state index in [0.717, 1.165) is 21.6 Å². The number of carbonyl (C=O) groups is 2. The normalized spacial score (nSPS) is 11.6. The Morgan fingerprint density at radius 1 is 0.900 bits per heavy atom. The van der Waals surface area contributed by atoms with Gasteiger partial charge < -0.3 is 10.6 Å². The van der Waals surface area contributed by atoms with Gasteiger partial charge in [-0.1, -0.05) is 60.1 Å². The molecule has 40 heavy (non-hydrogen) atoms. The smallest absolute Gasteiger partial charge is 0.244 e. The predicted molar refractivity (Wildman–Crippen MR) is 161 cm³/mol. The van der Waals surface area contributed by atoms with Crippen LogP contribution in [-0.4, -0.2) is 16.8 Å². The topological polar surface area (TPSA) is 71.1 Å². The van der Waals surface area contributed by atoms with Crippen molar-refractivity contribution >= 4 is 57.3 Å². The average Bonchev–Trinajstić information content (AvgIpc) is 3.42. The molecule has 5 aromatic rings. The SMILES string of the molecule is O=C(Cc1ccc(Cl)cc1)Nc1cccc(SC(C(=O)Nc2nc(-c3ccc(F)cc3)cs2)c2ccccc2)c1. The zero-order valence-electron chi connectivity index (χ0n) is 21.0. The van der Waals surface area contributed by atoms with Crippen molar-refractivity contribution in [3.8, 4) is 11.3 Å². The summed E-state index contributed by atoms with van der Waals surface area (Å²) in [7, 11) is 0. The summed E-state index contributed by atoms with van der Waals surface area (Å²) in [4.78, 5) is 31.5. The molecule has 0 saturated heterocycles. The summed E-state index contributed by atoms with van der Waals surface area (Å²) >= 11 is 8.62. The Morgan fingerprint density at radius 3 is 2.40 bits per heavy atom. The number of anilines is 2. The highest BCUT2D eigenvalue weighted by molar-refractivity contribution is 8.00. The second-order valence-corrected chi connectivity index (χ2v) is 11.3. The minimum atomic E-state index is -0.570. The quantitative estimate of drug-likeness (QED) is 0.170. The van der Waals surface area contributed by atoms with Crippen molar-refractivity contribution in [2.75, 3.05) is 10.6 Å². The van der Waals surface area contributed by atoms with Crippen molar-refractivity contribution in [3.05, 3.63) is 130 Å². The third-order valence-electron chi connectivity index (χ3n) is 5.86. The molecule has 0 fully saturated rings. The third-order valence-corrected chi connectivity index (χ3v) is 8.12. The minimum absolute atomic E-state index is 0.150. The van der Waals surface area contributed by atoms with Crippen LogP contribution in [0.2, 0.25) is 5.02 Å². The number of rotatable bonds is 9. The number of thiazole rings is 1. The molecule has 2 amide bonds. The number of hydrogen-bond acceptors (Lipinski definition) is 5. The molecule has 0 spiro atoms. The molecule has 1 heterocycles. The highest BCUT2D eigenvalue weighted by Gasteiger charge is 2.23. The van der Waals surface area contributed by atoms with Gasteiger partial charge in [0.2, 0.25) is 11.8 Å². The van der Waals surface area contributed by atoms with Crippen molar-refractivity contribution in [3.63, 3.8) is 0 Å². The number of nitrogens with one attached hydrogen (secondary N) is 2. The first-order chi connectivity index (χ1) is 19.4. The van der Waals surface area contributed by atoms with E-state index < -0.39 is 5.25 Å².